The van der Waals surface area contributed by atoms with E-state index in [1.165, 1.54) is 67.8 Å². The van der Waals surface area contributed by atoms with Gasteiger partial charge >= 0.3 is 68.9 Å². The van der Waals surface area contributed by atoms with Gasteiger partial charge in [-0.05, 0) is 79.8 Å². The molecular formula is C45H48CsN3. The summed E-state index contributed by atoms with van der Waals surface area (Å²) in [5.41, 5.74) is 12.3. The van der Waals surface area contributed by atoms with Crippen LogP contribution in [0.1, 0.15) is 56.2 Å². The van der Waals surface area contributed by atoms with Gasteiger partial charge in [-0.3, -0.25) is 6.58 Å². The van der Waals surface area contributed by atoms with Crippen molar-refractivity contribution in [3.05, 3.63) is 168 Å². The second-order valence-corrected chi connectivity index (χ2v) is 13.3. The molecule has 2 aliphatic rings. The van der Waals surface area contributed by atoms with Crippen molar-refractivity contribution in [2.75, 3.05) is 0 Å². The van der Waals surface area contributed by atoms with Crippen LogP contribution in [0, 0.1) is 17.9 Å². The zero-order valence-corrected chi connectivity index (χ0v) is 35.8. The molecule has 2 atom stereocenters. The van der Waals surface area contributed by atoms with Crippen LogP contribution in [0.5, 0.6) is 0 Å². The van der Waals surface area contributed by atoms with Crippen molar-refractivity contribution in [1.82, 2.24) is 15.0 Å². The molecule has 0 amide bonds. The first-order valence-corrected chi connectivity index (χ1v) is 17.4. The van der Waals surface area contributed by atoms with Crippen molar-refractivity contribution in [3.8, 4) is 0 Å². The van der Waals surface area contributed by atoms with Crippen molar-refractivity contribution in [2.45, 2.75) is 58.8 Å². The van der Waals surface area contributed by atoms with Crippen molar-refractivity contribution in [1.29, 1.82) is 0 Å². The normalized spacial score (nSPS) is 16.1. The summed E-state index contributed by atoms with van der Waals surface area (Å²) in [6.07, 6.45) is 26.5. The van der Waals surface area contributed by atoms with Crippen LogP contribution in [-0.4, -0.2) is 15.0 Å². The van der Waals surface area contributed by atoms with E-state index < -0.39 is 0 Å². The minimum atomic E-state index is 0. The Morgan fingerprint density at radius 2 is 1.20 bits per heavy atom. The fourth-order valence-corrected chi connectivity index (χ4v) is 6.89. The predicted molar refractivity (Wildman–Crippen MR) is 206 cm³/mol. The van der Waals surface area contributed by atoms with E-state index in [4.69, 9.17) is 0 Å². The molecule has 0 spiro atoms. The van der Waals surface area contributed by atoms with Crippen molar-refractivity contribution in [3.63, 3.8) is 0 Å². The van der Waals surface area contributed by atoms with Crippen LogP contribution in [0.4, 0.5) is 0 Å². The van der Waals surface area contributed by atoms with Gasteiger partial charge in [0.2, 0.25) is 0 Å². The van der Waals surface area contributed by atoms with Gasteiger partial charge in [-0.1, -0.05) is 109 Å². The van der Waals surface area contributed by atoms with Gasteiger partial charge in [0.25, 0.3) is 0 Å². The minimum absolute atomic E-state index is 0. The molecule has 4 heteroatoms. The second kappa shape index (κ2) is 18.3. The number of benzene rings is 3. The van der Waals surface area contributed by atoms with Crippen LogP contribution in [-0.2, 0) is 19.3 Å². The molecule has 6 aromatic rings. The maximum atomic E-state index is 3.92. The summed E-state index contributed by atoms with van der Waals surface area (Å²) in [7, 11) is 0. The average Bonchev–Trinajstić information content (AvgIpc) is 3.90. The molecular weight excluding hydrogens is 715 g/mol. The van der Waals surface area contributed by atoms with E-state index in [1.807, 2.05) is 6.07 Å². The smallest absolute Gasteiger partial charge is 0.504 e. The molecule has 0 saturated carbocycles. The van der Waals surface area contributed by atoms with Gasteiger partial charge < -0.3 is 21.0 Å². The monoisotopic (exact) mass is 763 g/mol. The molecule has 2 aliphatic carbocycles. The van der Waals surface area contributed by atoms with Gasteiger partial charge in [0.1, 0.15) is 0 Å². The fraction of sp³-hybridized carbons (Fsp3) is 0.244. The number of hydrogen-bond acceptors (Lipinski definition) is 0. The van der Waals surface area contributed by atoms with Crippen LogP contribution in [0.2, 0.25) is 0 Å². The molecule has 0 aliphatic heterocycles. The molecule has 2 unspecified atom stereocenters. The number of aromatic amines is 3. The first-order valence-electron chi connectivity index (χ1n) is 17.4. The molecule has 0 radical (unpaired) electrons. The molecule has 3 nitrogen and oxygen atoms in total. The summed E-state index contributed by atoms with van der Waals surface area (Å²) in [4.78, 5) is 9.91. The van der Waals surface area contributed by atoms with Gasteiger partial charge in [-0.25, -0.2) is 0 Å². The van der Waals surface area contributed by atoms with Crippen LogP contribution in [0.25, 0.3) is 32.7 Å². The van der Waals surface area contributed by atoms with Gasteiger partial charge in [0.15, 0.2) is 0 Å². The zero-order chi connectivity index (χ0) is 33.3. The van der Waals surface area contributed by atoms with Crippen LogP contribution in [0.3, 0.4) is 0 Å². The van der Waals surface area contributed by atoms with E-state index in [0.717, 1.165) is 32.1 Å². The Morgan fingerprint density at radius 1 is 0.694 bits per heavy atom. The van der Waals surface area contributed by atoms with Gasteiger partial charge in [0, 0.05) is 57.2 Å². The first kappa shape index (κ1) is 37.3. The maximum Gasteiger partial charge on any atom is 1.00 e. The number of aryl methyl sites for hydroxylation is 3. The summed E-state index contributed by atoms with van der Waals surface area (Å²) in [6.45, 7) is 11.9. The summed E-state index contributed by atoms with van der Waals surface area (Å²) in [5.74, 6) is 1.19. The zero-order valence-electron chi connectivity index (χ0n) is 29.5. The van der Waals surface area contributed by atoms with Gasteiger partial charge in [-0.15, -0.1) is 6.58 Å². The number of rotatable bonds is 9. The number of hydrogen-bond donors (Lipinski definition) is 3. The Labute approximate surface area is 351 Å². The number of nitrogens with one attached hydrogen (secondary N) is 3. The third-order valence-electron chi connectivity index (χ3n) is 9.51. The van der Waals surface area contributed by atoms with Crippen molar-refractivity contribution >= 4 is 32.7 Å². The number of para-hydroxylation sites is 3. The molecule has 8 rings (SSSR count). The average molecular weight is 764 g/mol. The number of H-pyrrole nitrogens is 3. The second-order valence-electron chi connectivity index (χ2n) is 13.3. The summed E-state index contributed by atoms with van der Waals surface area (Å²) in [6, 6.07) is 25.4. The molecule has 3 N–H and O–H groups in total. The van der Waals surface area contributed by atoms with Crippen molar-refractivity contribution in [2.24, 2.45) is 11.8 Å². The predicted octanol–water partition coefficient (Wildman–Crippen LogP) is 8.95. The first-order chi connectivity index (χ1) is 23.5. The Bertz CT molecular complexity index is 2100. The van der Waals surface area contributed by atoms with E-state index in [1.54, 1.807) is 11.1 Å². The van der Waals surface area contributed by atoms with E-state index >= 15 is 0 Å². The van der Waals surface area contributed by atoms with Crippen LogP contribution in [0.15, 0.2) is 146 Å². The largest absolute Gasteiger partial charge is 1.00 e. The third kappa shape index (κ3) is 9.85. The van der Waals surface area contributed by atoms with Gasteiger partial charge in [-0.2, -0.15) is 6.42 Å². The van der Waals surface area contributed by atoms with E-state index in [9.17, 15) is 0 Å². The van der Waals surface area contributed by atoms with Crippen LogP contribution >= 0.6 is 0 Å². The van der Waals surface area contributed by atoms with Crippen LogP contribution < -0.4 is 68.9 Å². The molecule has 0 saturated heterocycles. The molecule has 3 heterocycles. The number of allylic oxidation sites excluding steroid dienone is 8. The molecule has 244 valence electrons. The topological polar surface area (TPSA) is 47.4 Å². The third-order valence-corrected chi connectivity index (χ3v) is 9.51. The maximum absolute atomic E-state index is 3.92. The number of fused-ring (bicyclic) bond motifs is 4. The summed E-state index contributed by atoms with van der Waals surface area (Å²) < 4.78 is 0. The van der Waals surface area contributed by atoms with E-state index in [-0.39, 0.29) is 68.9 Å². The minimum Gasteiger partial charge on any atom is -0.504 e. The standard InChI is InChI=1S/C20H21N.C13H15N.C12H12N.Cs/c1-14-6-8-16-11-15(12-18(16)10-14)7-9-17-13-21-20-5-3-2-4-19(17)20;1-10(2)7-8-11-9-14-13-6-4-3-5-12(11)13;1-2-3-6-10-9-13-12-8-5-4-7-11(10)12;/h2-6,8,10-11,13-14,16,21H,7,9,12H2,1H3;3-6,9,14H,1,7-8H2,2H3;4-5,7-9,13H,1,3,6H2;/q;;-1;+1. The Hall–Kier alpha value is -2.97. The summed E-state index contributed by atoms with van der Waals surface area (Å²) >= 11 is 0. The molecule has 0 fully saturated rings. The number of aromatic nitrogens is 3. The Kier molecular flexibility index (Phi) is 13.9. The SMILES string of the molecule is C=C(C)CCc1c[nH]c2ccccc12.C=[C-]CCc1c[nH]c2ccccc12.CC1C=CC2C=C(CCc3c[nH]c4ccccc34)CC2=C1.[Cs+]. The molecule has 3 aromatic carbocycles. The molecule has 3 aromatic heterocycles. The molecule has 49 heavy (non-hydrogen) atoms. The van der Waals surface area contributed by atoms with E-state index in [2.05, 4.69) is 158 Å². The quantitative estimate of drug-likeness (QED) is 0.0974. The Balaban J connectivity index is 0.000000148. The summed E-state index contributed by atoms with van der Waals surface area (Å²) in [5, 5.41) is 4.03. The fourth-order valence-electron chi connectivity index (χ4n) is 6.89. The van der Waals surface area contributed by atoms with E-state index in [0.29, 0.717) is 11.8 Å². The Morgan fingerprint density at radius 3 is 1.73 bits per heavy atom. The molecule has 0 bridgehead atoms. The van der Waals surface area contributed by atoms with Gasteiger partial charge in [0.05, 0.1) is 0 Å². The van der Waals surface area contributed by atoms with Crippen molar-refractivity contribution < 1.29 is 68.9 Å².